The van der Waals surface area contributed by atoms with E-state index in [-0.39, 0.29) is 17.2 Å². The van der Waals surface area contributed by atoms with E-state index in [4.69, 9.17) is 0 Å². The molecule has 4 aromatic heterocycles. The predicted molar refractivity (Wildman–Crippen MR) is 174 cm³/mol. The summed E-state index contributed by atoms with van der Waals surface area (Å²) in [6.45, 7) is 4.32. The maximum Gasteiger partial charge on any atom is 0.256 e. The van der Waals surface area contributed by atoms with Crippen molar-refractivity contribution >= 4 is 33.3 Å². The maximum atomic E-state index is 12.6. The summed E-state index contributed by atoms with van der Waals surface area (Å²) in [7, 11) is -3.49. The molecule has 3 fully saturated rings. The van der Waals surface area contributed by atoms with Gasteiger partial charge in [0.1, 0.15) is 11.6 Å². The smallest absolute Gasteiger partial charge is 0.256 e. The Bertz CT molecular complexity index is 1950. The molecule has 2 aliphatic heterocycles. The van der Waals surface area contributed by atoms with Crippen molar-refractivity contribution in [3.05, 3.63) is 60.4 Å². The van der Waals surface area contributed by atoms with Crippen LogP contribution in [0.15, 0.2) is 49.3 Å². The van der Waals surface area contributed by atoms with Gasteiger partial charge in [-0.1, -0.05) is 11.8 Å². The Morgan fingerprint density at radius 2 is 1.81 bits per heavy atom. The number of β-amino-alcohol motifs (C(OH)–C–C–N with tert-alkyl or cyclic N) is 1. The van der Waals surface area contributed by atoms with Gasteiger partial charge in [0, 0.05) is 57.8 Å². The summed E-state index contributed by atoms with van der Waals surface area (Å²) in [5.74, 6) is 7.96. The fourth-order valence-corrected chi connectivity index (χ4v) is 7.48. The van der Waals surface area contributed by atoms with Crippen molar-refractivity contribution in [2.45, 2.75) is 62.8 Å². The Hall–Kier alpha value is -4.81. The Labute approximate surface area is 272 Å². The van der Waals surface area contributed by atoms with Crippen LogP contribution in [0.5, 0.6) is 0 Å². The molecule has 1 atom stereocenters. The van der Waals surface area contributed by atoms with Crippen molar-refractivity contribution in [3.63, 3.8) is 0 Å². The Kier molecular flexibility index (Phi) is 8.37. The number of hydrogen-bond donors (Lipinski definition) is 2. The standard InChI is InChI=1S/C32H36N10O4S/c1-22(43)39-13-9-26(10-14-39)41-19-23(16-35-41)4-5-24-17-34-31(15-29(24)40-12-2-3-27(44)21-40)37-30-8-11-33-32(38-30)25-18-36-42(20-25)47(45,46)28-6-7-28/h8,11,15-20,26-28,44H,2-3,6-7,9-10,12-14,21H2,1H3,(H,33,34,37,38). The average molecular weight is 657 g/mol. The van der Waals surface area contributed by atoms with Crippen LogP contribution in [0.3, 0.4) is 0 Å². The van der Waals surface area contributed by atoms with Crippen molar-refractivity contribution in [1.82, 2.24) is 38.8 Å². The number of rotatable bonds is 7. The van der Waals surface area contributed by atoms with Crippen LogP contribution in [0, 0.1) is 11.8 Å². The van der Waals surface area contributed by atoms with Crippen LogP contribution in [0.2, 0.25) is 0 Å². The van der Waals surface area contributed by atoms with Crippen LogP contribution in [0.4, 0.5) is 17.3 Å². The molecular formula is C32H36N10O4S. The number of carbonyl (C=O) groups is 1. The highest BCUT2D eigenvalue weighted by Crippen LogP contribution is 2.31. The third-order valence-corrected chi connectivity index (χ3v) is 10.8. The molecule has 6 heterocycles. The fraction of sp³-hybridized carbons (Fsp3) is 0.438. The van der Waals surface area contributed by atoms with Gasteiger partial charge in [-0.3, -0.25) is 9.48 Å². The van der Waals surface area contributed by atoms with Crippen molar-refractivity contribution in [2.75, 3.05) is 36.4 Å². The van der Waals surface area contributed by atoms with Crippen LogP contribution in [0.25, 0.3) is 11.4 Å². The van der Waals surface area contributed by atoms with E-state index in [0.717, 1.165) is 66.2 Å². The first-order valence-corrected chi connectivity index (χ1v) is 17.4. The number of nitrogens with zero attached hydrogens (tertiary/aromatic N) is 9. The molecular weight excluding hydrogens is 620 g/mol. The van der Waals surface area contributed by atoms with Gasteiger partial charge in [0.05, 0.1) is 58.4 Å². The van der Waals surface area contributed by atoms with Gasteiger partial charge in [0.25, 0.3) is 10.0 Å². The fourth-order valence-electron chi connectivity index (χ4n) is 6.01. The summed E-state index contributed by atoms with van der Waals surface area (Å²) >= 11 is 0. The topological polar surface area (TPSA) is 164 Å². The minimum absolute atomic E-state index is 0.107. The highest BCUT2D eigenvalue weighted by atomic mass is 32.2. The van der Waals surface area contributed by atoms with E-state index in [1.807, 2.05) is 21.8 Å². The molecule has 1 aliphatic carbocycles. The molecule has 47 heavy (non-hydrogen) atoms. The minimum atomic E-state index is -3.49. The lowest BCUT2D eigenvalue weighted by Gasteiger charge is -2.32. The number of aromatic nitrogens is 7. The first-order valence-electron chi connectivity index (χ1n) is 15.9. The Morgan fingerprint density at radius 3 is 2.57 bits per heavy atom. The highest BCUT2D eigenvalue weighted by Gasteiger charge is 2.37. The molecule has 1 amide bonds. The molecule has 2 N–H and O–H groups in total. The molecule has 1 unspecified atom stereocenters. The lowest BCUT2D eigenvalue weighted by Crippen LogP contribution is -2.38. The van der Waals surface area contributed by atoms with Gasteiger partial charge in [0.2, 0.25) is 5.91 Å². The monoisotopic (exact) mass is 656 g/mol. The summed E-state index contributed by atoms with van der Waals surface area (Å²) in [4.78, 5) is 29.2. The van der Waals surface area contributed by atoms with Crippen molar-refractivity contribution < 1.29 is 18.3 Å². The summed E-state index contributed by atoms with van der Waals surface area (Å²) in [6.07, 6.45) is 14.1. The Morgan fingerprint density at radius 1 is 0.979 bits per heavy atom. The van der Waals surface area contributed by atoms with Gasteiger partial charge >= 0.3 is 0 Å². The first kappa shape index (κ1) is 30.8. The molecule has 4 aromatic rings. The molecule has 0 bridgehead atoms. The second kappa shape index (κ2) is 12.8. The lowest BCUT2D eigenvalue weighted by molar-refractivity contribution is -0.130. The van der Waals surface area contributed by atoms with Crippen molar-refractivity contribution in [1.29, 1.82) is 0 Å². The second-order valence-electron chi connectivity index (χ2n) is 12.3. The number of hydrogen-bond acceptors (Lipinski definition) is 11. The normalized spacial score (nSPS) is 18.9. The van der Waals surface area contributed by atoms with E-state index in [1.165, 1.54) is 12.4 Å². The molecule has 0 spiro atoms. The molecule has 0 radical (unpaired) electrons. The van der Waals surface area contributed by atoms with Gasteiger partial charge in [-0.05, 0) is 44.6 Å². The van der Waals surface area contributed by atoms with E-state index < -0.39 is 16.1 Å². The lowest BCUT2D eigenvalue weighted by atomic mass is 10.1. The van der Waals surface area contributed by atoms with E-state index in [2.05, 4.69) is 47.2 Å². The van der Waals surface area contributed by atoms with Gasteiger partial charge in [0.15, 0.2) is 5.82 Å². The maximum absolute atomic E-state index is 12.6. The van der Waals surface area contributed by atoms with E-state index in [1.54, 1.807) is 31.6 Å². The molecule has 3 aliphatic rings. The number of aliphatic hydroxyl groups excluding tert-OH is 1. The average Bonchev–Trinajstić information content (AvgIpc) is 3.63. The number of aliphatic hydroxyl groups is 1. The SMILES string of the molecule is CC(=O)N1CCC(n2cc(C#Cc3cnc(Nc4ccnc(-c5cnn(S(=O)(=O)C6CC6)c5)n4)cc3N3CCCC(O)C3)cn2)CC1. The van der Waals surface area contributed by atoms with E-state index in [9.17, 15) is 18.3 Å². The zero-order chi connectivity index (χ0) is 32.5. The zero-order valence-electron chi connectivity index (χ0n) is 26.0. The highest BCUT2D eigenvalue weighted by molar-refractivity contribution is 7.90. The van der Waals surface area contributed by atoms with E-state index in [0.29, 0.717) is 42.4 Å². The predicted octanol–water partition coefficient (Wildman–Crippen LogP) is 2.56. The molecule has 7 rings (SSSR count). The van der Waals surface area contributed by atoms with Gasteiger partial charge < -0.3 is 20.2 Å². The van der Waals surface area contributed by atoms with Gasteiger partial charge in [-0.15, -0.1) is 0 Å². The number of nitrogens with one attached hydrogen (secondary N) is 1. The minimum Gasteiger partial charge on any atom is -0.391 e. The number of pyridine rings is 1. The van der Waals surface area contributed by atoms with Crippen LogP contribution in [-0.2, 0) is 14.8 Å². The van der Waals surface area contributed by atoms with Crippen molar-refractivity contribution in [3.8, 4) is 23.2 Å². The largest absolute Gasteiger partial charge is 0.391 e. The number of likely N-dealkylation sites (tertiary alicyclic amines) is 1. The van der Waals surface area contributed by atoms with E-state index >= 15 is 0 Å². The van der Waals surface area contributed by atoms with Crippen LogP contribution >= 0.6 is 0 Å². The zero-order valence-corrected chi connectivity index (χ0v) is 26.8. The third kappa shape index (κ3) is 6.84. The van der Waals surface area contributed by atoms with Crippen molar-refractivity contribution in [2.24, 2.45) is 0 Å². The summed E-state index contributed by atoms with van der Waals surface area (Å²) in [5.41, 5.74) is 2.84. The number of carbonyl (C=O) groups excluding carboxylic acids is 1. The molecule has 244 valence electrons. The molecule has 2 saturated heterocycles. The number of amides is 1. The molecule has 15 heteroatoms. The Balaban J connectivity index is 1.11. The summed E-state index contributed by atoms with van der Waals surface area (Å²) in [6, 6.07) is 3.83. The molecule has 1 saturated carbocycles. The van der Waals surface area contributed by atoms with Gasteiger partial charge in [-0.25, -0.2) is 23.4 Å². The summed E-state index contributed by atoms with van der Waals surface area (Å²) < 4.78 is 28.1. The molecule has 0 aromatic carbocycles. The van der Waals surface area contributed by atoms with Crippen LogP contribution in [-0.4, -0.2) is 95.8 Å². The summed E-state index contributed by atoms with van der Waals surface area (Å²) in [5, 5.41) is 21.9. The third-order valence-electron chi connectivity index (χ3n) is 8.78. The second-order valence-corrected chi connectivity index (χ2v) is 14.3. The number of piperidine rings is 2. The van der Waals surface area contributed by atoms with Gasteiger partial charge in [-0.2, -0.15) is 14.3 Å². The first-order chi connectivity index (χ1) is 22.7. The number of anilines is 3. The quantitative estimate of drug-likeness (QED) is 0.281. The van der Waals surface area contributed by atoms with Crippen LogP contribution < -0.4 is 10.2 Å². The molecule has 14 nitrogen and oxygen atoms in total. The van der Waals surface area contributed by atoms with Crippen LogP contribution in [0.1, 0.15) is 62.6 Å².